The molecule has 1 aromatic carbocycles. The standard InChI is InChI=1S/C22H29NO5/c1-11(24)13-9-21-15-8-12-4-5-14(25)18-17(12)20(21,6-7-23(15)2)19(28-18)22(13,27-3)10-16(21)26/h4-5,11,13,15-16,19,24-26H,6-10H2,1-3H3/t11-,13-,15-,16?,19?,20+,21-,22-/m1/s1. The van der Waals surface area contributed by atoms with Gasteiger partial charge in [0.25, 0.3) is 0 Å². The third-order valence-electron chi connectivity index (χ3n) is 9.28. The van der Waals surface area contributed by atoms with Crippen LogP contribution in [-0.2, 0) is 16.6 Å². The number of ether oxygens (including phenoxy) is 2. The second kappa shape index (κ2) is 5.04. The van der Waals surface area contributed by atoms with Crippen LogP contribution >= 0.6 is 0 Å². The van der Waals surface area contributed by atoms with Gasteiger partial charge in [-0.25, -0.2) is 0 Å². The summed E-state index contributed by atoms with van der Waals surface area (Å²) in [5.41, 5.74) is 0.766. The van der Waals surface area contributed by atoms with E-state index in [2.05, 4.69) is 11.9 Å². The molecule has 2 unspecified atom stereocenters. The first-order valence-corrected chi connectivity index (χ1v) is 10.5. The van der Waals surface area contributed by atoms with Crippen LogP contribution in [-0.4, -0.2) is 70.9 Å². The third kappa shape index (κ3) is 1.51. The molecule has 6 heteroatoms. The number of aliphatic hydroxyl groups excluding tert-OH is 2. The molecule has 0 amide bonds. The monoisotopic (exact) mass is 387 g/mol. The van der Waals surface area contributed by atoms with Crippen LogP contribution < -0.4 is 4.74 Å². The van der Waals surface area contributed by atoms with E-state index in [0.29, 0.717) is 18.6 Å². The number of likely N-dealkylation sites (tertiary alicyclic amines) is 1. The molecule has 6 aliphatic rings. The number of hydrogen-bond acceptors (Lipinski definition) is 6. The largest absolute Gasteiger partial charge is 0.504 e. The maximum Gasteiger partial charge on any atom is 0.165 e. The fourth-order valence-electron chi connectivity index (χ4n) is 8.34. The Morgan fingerprint density at radius 3 is 2.82 bits per heavy atom. The second-order valence-electron chi connectivity index (χ2n) is 9.84. The van der Waals surface area contributed by atoms with Crippen molar-refractivity contribution in [3.63, 3.8) is 0 Å². The van der Waals surface area contributed by atoms with Crippen molar-refractivity contribution in [2.24, 2.45) is 11.3 Å². The van der Waals surface area contributed by atoms with Crippen molar-refractivity contribution < 1.29 is 24.8 Å². The molecule has 1 aromatic rings. The van der Waals surface area contributed by atoms with Gasteiger partial charge in [0.05, 0.1) is 17.6 Å². The fraction of sp³-hybridized carbons (Fsp3) is 0.727. The second-order valence-corrected chi connectivity index (χ2v) is 9.84. The molecule has 1 saturated heterocycles. The minimum absolute atomic E-state index is 0.119. The number of likely N-dealkylation sites (N-methyl/N-ethyl adjacent to an activating group) is 1. The zero-order valence-electron chi connectivity index (χ0n) is 16.7. The fourth-order valence-corrected chi connectivity index (χ4v) is 8.34. The molecule has 8 atom stereocenters. The van der Waals surface area contributed by atoms with Crippen LogP contribution in [0.3, 0.4) is 0 Å². The molecule has 4 aliphatic carbocycles. The molecule has 0 aromatic heterocycles. The van der Waals surface area contributed by atoms with Crippen LogP contribution in [0, 0.1) is 11.3 Å². The van der Waals surface area contributed by atoms with Gasteiger partial charge < -0.3 is 29.7 Å². The highest BCUT2D eigenvalue weighted by atomic mass is 16.6. The topological polar surface area (TPSA) is 82.4 Å². The molecular weight excluding hydrogens is 358 g/mol. The summed E-state index contributed by atoms with van der Waals surface area (Å²) in [6.45, 7) is 2.75. The minimum atomic E-state index is -0.768. The highest BCUT2D eigenvalue weighted by Crippen LogP contribution is 2.76. The van der Waals surface area contributed by atoms with E-state index in [1.54, 1.807) is 13.2 Å². The zero-order chi connectivity index (χ0) is 19.6. The molecule has 0 radical (unpaired) electrons. The van der Waals surface area contributed by atoms with Crippen molar-refractivity contribution in [1.29, 1.82) is 0 Å². The van der Waals surface area contributed by atoms with Crippen LogP contribution in [0.5, 0.6) is 11.5 Å². The predicted octanol–water partition coefficient (Wildman–Crippen LogP) is 1.19. The number of aromatic hydroxyl groups is 1. The van der Waals surface area contributed by atoms with Crippen molar-refractivity contribution in [3.8, 4) is 11.5 Å². The van der Waals surface area contributed by atoms with Crippen molar-refractivity contribution in [2.75, 3.05) is 20.7 Å². The summed E-state index contributed by atoms with van der Waals surface area (Å²) < 4.78 is 12.8. The zero-order valence-corrected chi connectivity index (χ0v) is 16.7. The molecule has 28 heavy (non-hydrogen) atoms. The van der Waals surface area contributed by atoms with Crippen LogP contribution in [0.2, 0.25) is 0 Å². The van der Waals surface area contributed by atoms with Gasteiger partial charge in [0.15, 0.2) is 11.5 Å². The first kappa shape index (κ1) is 17.5. The average molecular weight is 387 g/mol. The highest BCUT2D eigenvalue weighted by Gasteiger charge is 2.83. The molecular formula is C22H29NO5. The van der Waals surface area contributed by atoms with Gasteiger partial charge in [0.1, 0.15) is 11.7 Å². The summed E-state index contributed by atoms with van der Waals surface area (Å²) in [7, 11) is 3.83. The molecule has 3 N–H and O–H groups in total. The molecule has 2 heterocycles. The number of methoxy groups -OCH3 is 1. The number of benzene rings is 1. The van der Waals surface area contributed by atoms with Crippen LogP contribution in [0.25, 0.3) is 0 Å². The summed E-state index contributed by atoms with van der Waals surface area (Å²) in [5, 5.41) is 33.0. The summed E-state index contributed by atoms with van der Waals surface area (Å²) in [6, 6.07) is 3.95. The Hall–Kier alpha value is -1.34. The Balaban J connectivity index is 1.72. The Morgan fingerprint density at radius 1 is 1.32 bits per heavy atom. The summed E-state index contributed by atoms with van der Waals surface area (Å²) in [6.07, 6.45) is 1.47. The van der Waals surface area contributed by atoms with E-state index in [0.717, 1.165) is 24.9 Å². The number of fused-ring (bicyclic) bond motifs is 2. The van der Waals surface area contributed by atoms with E-state index >= 15 is 0 Å². The Bertz CT molecular complexity index is 873. The summed E-state index contributed by atoms with van der Waals surface area (Å²) >= 11 is 0. The summed E-state index contributed by atoms with van der Waals surface area (Å²) in [5.74, 6) is 0.631. The number of phenols is 1. The predicted molar refractivity (Wildman–Crippen MR) is 102 cm³/mol. The van der Waals surface area contributed by atoms with Crippen LogP contribution in [0.1, 0.15) is 37.3 Å². The molecule has 6 nitrogen and oxygen atoms in total. The number of aliphatic hydroxyl groups is 2. The maximum atomic E-state index is 11.6. The molecule has 7 rings (SSSR count). The first-order chi connectivity index (χ1) is 13.3. The van der Waals surface area contributed by atoms with Gasteiger partial charge in [-0.1, -0.05) is 6.07 Å². The lowest BCUT2D eigenvalue weighted by Crippen LogP contribution is -2.85. The van der Waals surface area contributed by atoms with E-state index in [1.807, 2.05) is 13.0 Å². The number of rotatable bonds is 2. The number of piperidine rings is 1. The van der Waals surface area contributed by atoms with Crippen molar-refractivity contribution in [3.05, 3.63) is 23.3 Å². The SMILES string of the molecule is CO[C@]12CC(O)[C@@]3(C[C@@H]1[C@@H](C)O)[C@H]1Cc4ccc(O)c5c4[C@@]3(CCN1C)C2O5. The van der Waals surface area contributed by atoms with E-state index in [1.165, 1.54) is 5.56 Å². The molecule has 152 valence electrons. The van der Waals surface area contributed by atoms with Gasteiger partial charge in [-0.05, 0) is 51.4 Å². The van der Waals surface area contributed by atoms with Crippen molar-refractivity contribution in [2.45, 2.75) is 68.0 Å². The lowest BCUT2D eigenvalue weighted by atomic mass is 9.33. The average Bonchev–Trinajstić information content (AvgIpc) is 3.03. The van der Waals surface area contributed by atoms with Gasteiger partial charge in [-0.3, -0.25) is 0 Å². The van der Waals surface area contributed by atoms with Crippen molar-refractivity contribution in [1.82, 2.24) is 4.90 Å². The van der Waals surface area contributed by atoms with Gasteiger partial charge in [0, 0.05) is 36.5 Å². The van der Waals surface area contributed by atoms with Gasteiger partial charge in [0.2, 0.25) is 0 Å². The normalized spacial score (nSPS) is 48.9. The number of hydrogen-bond donors (Lipinski definition) is 3. The molecule has 2 spiro atoms. The third-order valence-corrected chi connectivity index (χ3v) is 9.28. The Morgan fingerprint density at radius 2 is 2.11 bits per heavy atom. The van der Waals surface area contributed by atoms with Crippen LogP contribution in [0.4, 0.5) is 0 Å². The maximum absolute atomic E-state index is 11.6. The quantitative estimate of drug-likeness (QED) is 0.707. The molecule has 2 aliphatic heterocycles. The molecule has 4 fully saturated rings. The highest BCUT2D eigenvalue weighted by molar-refractivity contribution is 5.63. The number of nitrogens with zero attached hydrogens (tertiary/aromatic N) is 1. The smallest absolute Gasteiger partial charge is 0.165 e. The van der Waals surface area contributed by atoms with Crippen LogP contribution in [0.15, 0.2) is 12.1 Å². The lowest BCUT2D eigenvalue weighted by Gasteiger charge is -2.75. The van der Waals surface area contributed by atoms with E-state index in [9.17, 15) is 15.3 Å². The Labute approximate surface area is 165 Å². The van der Waals surface area contributed by atoms with Gasteiger partial charge in [-0.15, -0.1) is 0 Å². The van der Waals surface area contributed by atoms with E-state index in [4.69, 9.17) is 9.47 Å². The molecule has 3 saturated carbocycles. The van der Waals surface area contributed by atoms with E-state index < -0.39 is 23.2 Å². The first-order valence-electron chi connectivity index (χ1n) is 10.5. The molecule has 4 bridgehead atoms. The van der Waals surface area contributed by atoms with Gasteiger partial charge >= 0.3 is 0 Å². The minimum Gasteiger partial charge on any atom is -0.504 e. The lowest BCUT2D eigenvalue weighted by molar-refractivity contribution is -0.320. The van der Waals surface area contributed by atoms with Crippen molar-refractivity contribution >= 4 is 0 Å². The number of phenolic OH excluding ortho intramolecular Hbond substituents is 1. The van der Waals surface area contributed by atoms with E-state index in [-0.39, 0.29) is 29.2 Å². The summed E-state index contributed by atoms with van der Waals surface area (Å²) in [4.78, 5) is 2.39. The van der Waals surface area contributed by atoms with Gasteiger partial charge in [-0.2, -0.15) is 0 Å². The Kier molecular flexibility index (Phi) is 3.15.